The first-order chi connectivity index (χ1) is 15.3. The minimum atomic E-state index is -1.17. The van der Waals surface area contributed by atoms with Crippen molar-refractivity contribution in [2.45, 2.75) is 95.9 Å². The number of amides is 1. The molecule has 178 valence electrons. The molecule has 4 aliphatic rings. The molecule has 3 fully saturated rings. The Bertz CT molecular complexity index is 787. The summed E-state index contributed by atoms with van der Waals surface area (Å²) in [6, 6.07) is -0.273. The highest BCUT2D eigenvalue weighted by Crippen LogP contribution is 2.52. The Labute approximate surface area is 188 Å². The van der Waals surface area contributed by atoms with Crippen LogP contribution in [0, 0.1) is 11.8 Å². The highest BCUT2D eigenvalue weighted by Gasteiger charge is 2.62. The molecule has 1 amide bonds. The number of fused-ring (bicyclic) bond motifs is 3. The fourth-order valence-corrected chi connectivity index (χ4v) is 5.78. The van der Waals surface area contributed by atoms with Crippen LogP contribution in [0.5, 0.6) is 0 Å². The molecule has 1 saturated heterocycles. The summed E-state index contributed by atoms with van der Waals surface area (Å²) in [5.41, 5.74) is 0.923. The zero-order chi connectivity index (χ0) is 23.0. The molecule has 0 aromatic rings. The zero-order valence-electron chi connectivity index (χ0n) is 19.0. The van der Waals surface area contributed by atoms with Crippen molar-refractivity contribution in [1.29, 1.82) is 0 Å². The molecule has 0 radical (unpaired) electrons. The number of methoxy groups -OCH3 is 1. The summed E-state index contributed by atoms with van der Waals surface area (Å²) in [5.74, 6) is -1.62. The molecule has 2 aliphatic heterocycles. The van der Waals surface area contributed by atoms with Crippen LogP contribution in [0.1, 0.15) is 65.2 Å². The van der Waals surface area contributed by atoms with E-state index in [0.29, 0.717) is 0 Å². The van der Waals surface area contributed by atoms with Gasteiger partial charge in [0.15, 0.2) is 0 Å². The molecular formula is C23H33NO8. The maximum Gasteiger partial charge on any atom is 0.511 e. The third-order valence-electron chi connectivity index (χ3n) is 7.19. The minimum Gasteiger partial charge on any atom is -0.431 e. The predicted molar refractivity (Wildman–Crippen MR) is 111 cm³/mol. The van der Waals surface area contributed by atoms with Gasteiger partial charge in [-0.2, -0.15) is 0 Å². The number of carbonyl (C=O) groups is 3. The van der Waals surface area contributed by atoms with Crippen LogP contribution in [0.3, 0.4) is 0 Å². The molecular weight excluding hydrogens is 418 g/mol. The molecule has 0 aromatic heterocycles. The Balaban J connectivity index is 1.46. The van der Waals surface area contributed by atoms with Gasteiger partial charge in [0.1, 0.15) is 11.8 Å². The molecule has 32 heavy (non-hydrogen) atoms. The van der Waals surface area contributed by atoms with E-state index in [0.717, 1.165) is 56.9 Å². The van der Waals surface area contributed by atoms with Crippen LogP contribution in [-0.2, 0) is 28.5 Å². The van der Waals surface area contributed by atoms with Crippen molar-refractivity contribution in [2.75, 3.05) is 7.11 Å². The van der Waals surface area contributed by atoms with Crippen molar-refractivity contribution in [3.05, 3.63) is 11.3 Å². The maximum atomic E-state index is 13.1. The standard InChI is InChI=1S/C23H33NO8/c1-12(25)17-19-15-10-7-11-16(29-3)18(15)20(24(19)21(17)26)22(27)30-13(2)31-23(28)32-14-8-5-4-6-9-14/h12-17,19,25H,4-11H2,1-3H3/t12?,13?,15-,16+,17?,19+/m0/s1. The first-order valence-corrected chi connectivity index (χ1v) is 11.7. The number of carbonyl (C=O) groups excluding carboxylic acids is 3. The van der Waals surface area contributed by atoms with Crippen LogP contribution >= 0.6 is 0 Å². The number of ether oxygens (including phenoxy) is 4. The molecule has 0 spiro atoms. The van der Waals surface area contributed by atoms with Gasteiger partial charge in [-0.25, -0.2) is 9.59 Å². The van der Waals surface area contributed by atoms with E-state index in [9.17, 15) is 19.5 Å². The van der Waals surface area contributed by atoms with Crippen LogP contribution in [0.25, 0.3) is 0 Å². The highest BCUT2D eigenvalue weighted by atomic mass is 16.8. The van der Waals surface area contributed by atoms with Gasteiger partial charge in [-0.3, -0.25) is 4.79 Å². The van der Waals surface area contributed by atoms with Crippen LogP contribution in [-0.4, -0.2) is 65.8 Å². The Morgan fingerprint density at radius 3 is 2.41 bits per heavy atom. The van der Waals surface area contributed by atoms with Gasteiger partial charge in [-0.1, -0.05) is 6.42 Å². The molecule has 0 bridgehead atoms. The molecule has 3 unspecified atom stereocenters. The third kappa shape index (κ3) is 4.12. The SMILES string of the molecule is CO[C@@H]1CCC[C@H]2C1=C(C(=O)OC(C)OC(=O)OC1CCCCC1)N1C(=O)C(C(C)O)[C@@H]21. The Morgan fingerprint density at radius 1 is 1.03 bits per heavy atom. The second-order valence-corrected chi connectivity index (χ2v) is 9.25. The Kier molecular flexibility index (Phi) is 6.76. The Morgan fingerprint density at radius 2 is 1.75 bits per heavy atom. The van der Waals surface area contributed by atoms with Gasteiger partial charge in [0, 0.05) is 20.0 Å². The van der Waals surface area contributed by atoms with Crippen LogP contribution < -0.4 is 0 Å². The van der Waals surface area contributed by atoms with E-state index >= 15 is 0 Å². The lowest BCUT2D eigenvalue weighted by Crippen LogP contribution is -2.64. The van der Waals surface area contributed by atoms with E-state index in [2.05, 4.69) is 0 Å². The second kappa shape index (κ2) is 9.39. The summed E-state index contributed by atoms with van der Waals surface area (Å²) in [5, 5.41) is 10.1. The van der Waals surface area contributed by atoms with Crippen LogP contribution in [0.4, 0.5) is 4.79 Å². The summed E-state index contributed by atoms with van der Waals surface area (Å²) < 4.78 is 21.5. The average Bonchev–Trinajstić information content (AvgIpc) is 3.04. The van der Waals surface area contributed by atoms with E-state index in [-0.39, 0.29) is 35.8 Å². The average molecular weight is 452 g/mol. The van der Waals surface area contributed by atoms with E-state index in [1.54, 1.807) is 14.0 Å². The first kappa shape index (κ1) is 23.0. The largest absolute Gasteiger partial charge is 0.511 e. The summed E-state index contributed by atoms with van der Waals surface area (Å²) in [6.07, 6.45) is 3.94. The van der Waals surface area contributed by atoms with Crippen molar-refractivity contribution in [3.8, 4) is 0 Å². The van der Waals surface area contributed by atoms with Gasteiger partial charge in [0.05, 0.1) is 24.2 Å². The van der Waals surface area contributed by atoms with Crippen LogP contribution in [0.2, 0.25) is 0 Å². The maximum absolute atomic E-state index is 13.1. The minimum absolute atomic E-state index is 0.0546. The Hall–Kier alpha value is -2.13. The second-order valence-electron chi connectivity index (χ2n) is 9.25. The number of aliphatic hydroxyl groups is 1. The third-order valence-corrected chi connectivity index (χ3v) is 7.19. The lowest BCUT2D eigenvalue weighted by Gasteiger charge is -2.47. The smallest absolute Gasteiger partial charge is 0.431 e. The van der Waals surface area contributed by atoms with E-state index in [1.807, 2.05) is 0 Å². The van der Waals surface area contributed by atoms with Crippen LogP contribution in [0.15, 0.2) is 11.3 Å². The number of hydrogen-bond acceptors (Lipinski definition) is 8. The molecule has 2 heterocycles. The van der Waals surface area contributed by atoms with Crippen molar-refractivity contribution >= 4 is 18.0 Å². The van der Waals surface area contributed by atoms with Gasteiger partial charge in [-0.05, 0) is 57.4 Å². The lowest BCUT2D eigenvalue weighted by atomic mass is 9.72. The molecule has 9 heteroatoms. The molecule has 6 atom stereocenters. The highest BCUT2D eigenvalue weighted by molar-refractivity contribution is 6.01. The molecule has 0 aromatic carbocycles. The van der Waals surface area contributed by atoms with Crippen molar-refractivity contribution < 1.29 is 38.4 Å². The van der Waals surface area contributed by atoms with E-state index in [4.69, 9.17) is 18.9 Å². The number of hydrogen-bond donors (Lipinski definition) is 1. The number of rotatable bonds is 6. The summed E-state index contributed by atoms with van der Waals surface area (Å²) in [4.78, 5) is 39.5. The monoisotopic (exact) mass is 451 g/mol. The lowest BCUT2D eigenvalue weighted by molar-refractivity contribution is -0.174. The first-order valence-electron chi connectivity index (χ1n) is 11.7. The zero-order valence-corrected chi connectivity index (χ0v) is 19.0. The predicted octanol–water partition coefficient (Wildman–Crippen LogP) is 2.65. The molecule has 9 nitrogen and oxygen atoms in total. The van der Waals surface area contributed by atoms with Crippen molar-refractivity contribution in [1.82, 2.24) is 4.90 Å². The quantitative estimate of drug-likeness (QED) is 0.373. The van der Waals surface area contributed by atoms with Crippen molar-refractivity contribution in [3.63, 3.8) is 0 Å². The number of esters is 1. The number of aliphatic hydroxyl groups excluding tert-OH is 1. The van der Waals surface area contributed by atoms with E-state index in [1.165, 1.54) is 11.8 Å². The molecule has 1 N–H and O–H groups in total. The molecule has 4 rings (SSSR count). The number of nitrogens with zero attached hydrogens (tertiary/aromatic N) is 1. The van der Waals surface area contributed by atoms with Gasteiger partial charge >= 0.3 is 12.1 Å². The summed E-state index contributed by atoms with van der Waals surface area (Å²) >= 11 is 0. The summed E-state index contributed by atoms with van der Waals surface area (Å²) in [7, 11) is 1.58. The molecule has 2 aliphatic carbocycles. The fraction of sp³-hybridized carbons (Fsp3) is 0.783. The fourth-order valence-electron chi connectivity index (χ4n) is 5.78. The normalized spacial score (nSPS) is 31.9. The van der Waals surface area contributed by atoms with Gasteiger partial charge < -0.3 is 29.0 Å². The molecule has 2 saturated carbocycles. The van der Waals surface area contributed by atoms with Gasteiger partial charge in [-0.15, -0.1) is 0 Å². The van der Waals surface area contributed by atoms with Crippen molar-refractivity contribution in [2.24, 2.45) is 11.8 Å². The van der Waals surface area contributed by atoms with E-state index < -0.39 is 30.4 Å². The topological polar surface area (TPSA) is 112 Å². The number of β-lactam (4-membered cyclic amide) rings is 1. The summed E-state index contributed by atoms with van der Waals surface area (Å²) in [6.45, 7) is 3.04. The van der Waals surface area contributed by atoms with Gasteiger partial charge in [0.25, 0.3) is 0 Å². The van der Waals surface area contributed by atoms with Gasteiger partial charge in [0.2, 0.25) is 12.2 Å².